The van der Waals surface area contributed by atoms with Gasteiger partial charge in [-0.3, -0.25) is 0 Å². The van der Waals surface area contributed by atoms with Crippen LogP contribution in [0.1, 0.15) is 31.9 Å². The first-order chi connectivity index (χ1) is 9.41. The summed E-state index contributed by atoms with van der Waals surface area (Å²) >= 11 is 0. The van der Waals surface area contributed by atoms with Gasteiger partial charge in [-0.15, -0.1) is 0 Å². The molecule has 2 nitrogen and oxygen atoms in total. The van der Waals surface area contributed by atoms with Crippen LogP contribution < -0.4 is 4.74 Å². The highest BCUT2D eigenvalue weighted by Gasteiger charge is 2.19. The van der Waals surface area contributed by atoms with Crippen molar-refractivity contribution in [2.24, 2.45) is 0 Å². The van der Waals surface area contributed by atoms with Gasteiger partial charge in [-0.2, -0.15) is 0 Å². The molecule has 0 aliphatic carbocycles. The number of benzene rings is 2. The molecule has 0 radical (unpaired) electrons. The molecule has 104 valence electrons. The summed E-state index contributed by atoms with van der Waals surface area (Å²) in [6.45, 7) is 6.47. The van der Waals surface area contributed by atoms with Crippen LogP contribution in [0, 0.1) is 0 Å². The topological polar surface area (TPSA) is 29.5 Å². The summed E-state index contributed by atoms with van der Waals surface area (Å²) in [5.41, 5.74) is 2.10. The second-order valence-electron chi connectivity index (χ2n) is 6.00. The van der Waals surface area contributed by atoms with Gasteiger partial charge in [0, 0.05) is 0 Å². The van der Waals surface area contributed by atoms with E-state index in [0.29, 0.717) is 5.75 Å². The molecule has 0 aliphatic rings. The molecule has 0 unspecified atom stereocenters. The van der Waals surface area contributed by atoms with Crippen molar-refractivity contribution in [1.82, 2.24) is 0 Å². The maximum absolute atomic E-state index is 10.3. The van der Waals surface area contributed by atoms with E-state index in [9.17, 15) is 5.11 Å². The smallest absolute Gasteiger partial charge is 0.169 e. The highest BCUT2D eigenvalue weighted by molar-refractivity contribution is 6.08. The van der Waals surface area contributed by atoms with E-state index in [1.54, 1.807) is 0 Å². The van der Waals surface area contributed by atoms with Gasteiger partial charge in [-0.05, 0) is 34.7 Å². The van der Waals surface area contributed by atoms with Crippen molar-refractivity contribution in [3.8, 4) is 17.2 Å². The maximum Gasteiger partial charge on any atom is 0.169 e. The zero-order valence-corrected chi connectivity index (χ0v) is 12.6. The van der Waals surface area contributed by atoms with Gasteiger partial charge in [0.15, 0.2) is 11.5 Å². The molecule has 0 aliphatic heterocycles. The summed E-state index contributed by atoms with van der Waals surface area (Å²) in [6.07, 6.45) is 0.779. The number of para-hydroxylation sites is 1. The summed E-state index contributed by atoms with van der Waals surface area (Å²) in [5, 5.41) is 10.3. The Balaban J connectivity index is 2.46. The van der Waals surface area contributed by atoms with Crippen LogP contribution >= 0.6 is 0 Å². The minimum absolute atomic E-state index is 0.0203. The molecule has 0 heterocycles. The highest BCUT2D eigenvalue weighted by atomic mass is 16.5. The minimum Gasteiger partial charge on any atom is -0.504 e. The average molecular weight is 268 g/mol. The zero-order chi connectivity index (χ0) is 14.8. The fourth-order valence-electron chi connectivity index (χ4n) is 2.06. The predicted molar refractivity (Wildman–Crippen MR) is 85.6 cm³/mol. The molecule has 0 aromatic heterocycles. The Bertz CT molecular complexity index is 586. The molecule has 0 saturated carbocycles. The largest absolute Gasteiger partial charge is 0.504 e. The molecule has 0 fully saturated rings. The standard InChI is InChI=1S/C17H21BO2/c1-17(2,3)13-9-12(11-18)16(19)15(10-13)20-14-7-5-4-6-8-14/h4-10,19H,11,18H2,1-3H3. The molecule has 0 amide bonds. The number of rotatable bonds is 3. The lowest BCUT2D eigenvalue weighted by Crippen LogP contribution is -2.12. The van der Waals surface area contributed by atoms with Crippen molar-refractivity contribution in [3.05, 3.63) is 53.6 Å². The predicted octanol–water partition coefficient (Wildman–Crippen LogP) is 3.62. The molecule has 0 atom stereocenters. The number of hydrogen-bond donors (Lipinski definition) is 1. The molecule has 3 heteroatoms. The van der Waals surface area contributed by atoms with Gasteiger partial charge >= 0.3 is 0 Å². The van der Waals surface area contributed by atoms with E-state index in [1.807, 2.05) is 44.2 Å². The Morgan fingerprint density at radius 1 is 1.10 bits per heavy atom. The van der Waals surface area contributed by atoms with Gasteiger partial charge in [0.05, 0.1) is 0 Å². The number of phenols is 1. The first-order valence-corrected chi connectivity index (χ1v) is 7.01. The monoisotopic (exact) mass is 268 g/mol. The lowest BCUT2D eigenvalue weighted by Gasteiger charge is -2.22. The highest BCUT2D eigenvalue weighted by Crippen LogP contribution is 2.38. The Hall–Kier alpha value is -1.90. The molecule has 0 saturated heterocycles. The second kappa shape index (κ2) is 5.62. The third-order valence-corrected chi connectivity index (χ3v) is 3.37. The van der Waals surface area contributed by atoms with Crippen LogP contribution in [-0.4, -0.2) is 13.0 Å². The Morgan fingerprint density at radius 2 is 1.75 bits per heavy atom. The summed E-state index contributed by atoms with van der Waals surface area (Å²) in [7, 11) is 2.04. The molecule has 2 aromatic rings. The SMILES string of the molecule is BCc1cc(C(C)(C)C)cc(Oc2ccccc2)c1O. The van der Waals surface area contributed by atoms with Crippen LogP contribution in [0.2, 0.25) is 0 Å². The van der Waals surface area contributed by atoms with E-state index in [1.165, 1.54) is 0 Å². The minimum atomic E-state index is 0.0203. The Morgan fingerprint density at radius 3 is 2.30 bits per heavy atom. The van der Waals surface area contributed by atoms with Crippen LogP contribution in [0.5, 0.6) is 17.2 Å². The number of ether oxygens (including phenoxy) is 1. The van der Waals surface area contributed by atoms with E-state index in [2.05, 4.69) is 26.8 Å². The molecule has 0 spiro atoms. The van der Waals surface area contributed by atoms with E-state index in [4.69, 9.17) is 4.74 Å². The van der Waals surface area contributed by atoms with Crippen molar-refractivity contribution < 1.29 is 9.84 Å². The summed E-state index contributed by atoms with van der Waals surface area (Å²) in [6, 6.07) is 13.5. The quantitative estimate of drug-likeness (QED) is 0.861. The number of hydrogen-bond acceptors (Lipinski definition) is 2. The molecule has 20 heavy (non-hydrogen) atoms. The molecule has 0 bridgehead atoms. The fraction of sp³-hybridized carbons (Fsp3) is 0.294. The third kappa shape index (κ3) is 3.16. The van der Waals surface area contributed by atoms with E-state index >= 15 is 0 Å². The first kappa shape index (κ1) is 14.5. The first-order valence-electron chi connectivity index (χ1n) is 7.01. The van der Waals surface area contributed by atoms with Crippen molar-refractivity contribution in [1.29, 1.82) is 0 Å². The van der Waals surface area contributed by atoms with Crippen molar-refractivity contribution >= 4 is 7.85 Å². The van der Waals surface area contributed by atoms with Crippen LogP contribution in [-0.2, 0) is 11.7 Å². The molecular formula is C17H21BO2. The van der Waals surface area contributed by atoms with Crippen LogP contribution in [0.4, 0.5) is 0 Å². The van der Waals surface area contributed by atoms with Gasteiger partial charge in [0.2, 0.25) is 0 Å². The van der Waals surface area contributed by atoms with Gasteiger partial charge < -0.3 is 9.84 Å². The number of phenolic OH excluding ortho intramolecular Hbond substituents is 1. The fourth-order valence-corrected chi connectivity index (χ4v) is 2.06. The second-order valence-corrected chi connectivity index (χ2v) is 6.00. The summed E-state index contributed by atoms with van der Waals surface area (Å²) in [5.74, 6) is 1.50. The van der Waals surface area contributed by atoms with E-state index in [-0.39, 0.29) is 11.2 Å². The molecule has 1 N–H and O–H groups in total. The van der Waals surface area contributed by atoms with Crippen LogP contribution in [0.3, 0.4) is 0 Å². The van der Waals surface area contributed by atoms with Crippen LogP contribution in [0.25, 0.3) is 0 Å². The van der Waals surface area contributed by atoms with E-state index in [0.717, 1.165) is 23.2 Å². The normalized spacial score (nSPS) is 11.3. The van der Waals surface area contributed by atoms with Crippen molar-refractivity contribution in [2.45, 2.75) is 32.5 Å². The summed E-state index contributed by atoms with van der Waals surface area (Å²) < 4.78 is 5.84. The maximum atomic E-state index is 10.3. The average Bonchev–Trinajstić information content (AvgIpc) is 2.41. The number of aromatic hydroxyl groups is 1. The zero-order valence-electron chi connectivity index (χ0n) is 12.6. The van der Waals surface area contributed by atoms with Gasteiger partial charge in [-0.25, -0.2) is 0 Å². The molecular weight excluding hydrogens is 247 g/mol. The third-order valence-electron chi connectivity index (χ3n) is 3.37. The Kier molecular flexibility index (Phi) is 4.08. The van der Waals surface area contributed by atoms with Gasteiger partial charge in [0.1, 0.15) is 13.6 Å². The van der Waals surface area contributed by atoms with Crippen molar-refractivity contribution in [2.75, 3.05) is 0 Å². The van der Waals surface area contributed by atoms with Crippen LogP contribution in [0.15, 0.2) is 42.5 Å². The molecule has 2 rings (SSSR count). The summed E-state index contributed by atoms with van der Waals surface area (Å²) in [4.78, 5) is 0. The van der Waals surface area contributed by atoms with Crippen molar-refractivity contribution in [3.63, 3.8) is 0 Å². The molecule has 2 aromatic carbocycles. The van der Waals surface area contributed by atoms with Gasteiger partial charge in [0.25, 0.3) is 0 Å². The Labute approximate surface area is 121 Å². The van der Waals surface area contributed by atoms with E-state index < -0.39 is 0 Å². The van der Waals surface area contributed by atoms with Gasteiger partial charge in [-0.1, -0.05) is 51.4 Å². The lowest BCUT2D eigenvalue weighted by molar-refractivity contribution is 0.406. The lowest BCUT2D eigenvalue weighted by atomic mass is 9.84.